The Morgan fingerprint density at radius 1 is 1.19 bits per heavy atom. The van der Waals surface area contributed by atoms with Crippen molar-refractivity contribution in [3.05, 3.63) is 41.5 Å². The summed E-state index contributed by atoms with van der Waals surface area (Å²) in [4.78, 5) is 4.11. The zero-order valence-corrected chi connectivity index (χ0v) is 9.92. The van der Waals surface area contributed by atoms with Gasteiger partial charge in [0.25, 0.3) is 0 Å². The van der Waals surface area contributed by atoms with Crippen LogP contribution in [0, 0.1) is 5.82 Å². The Labute approximate surface area is 95.3 Å². The summed E-state index contributed by atoms with van der Waals surface area (Å²) in [6, 6.07) is 3.68. The number of aryl methyl sites for hydroxylation is 1. The number of pyridine rings is 1. The first-order valence-electron chi connectivity index (χ1n) is 5.69. The third-order valence-corrected chi connectivity index (χ3v) is 2.95. The van der Waals surface area contributed by atoms with Gasteiger partial charge in [-0.15, -0.1) is 0 Å². The maximum atomic E-state index is 13.8. The molecule has 0 aliphatic heterocycles. The van der Waals surface area contributed by atoms with Gasteiger partial charge in [-0.25, -0.2) is 4.39 Å². The van der Waals surface area contributed by atoms with Crippen molar-refractivity contribution in [1.29, 1.82) is 0 Å². The molecule has 0 fully saturated rings. The van der Waals surface area contributed by atoms with Gasteiger partial charge in [-0.3, -0.25) is 4.98 Å². The van der Waals surface area contributed by atoms with E-state index in [1.807, 2.05) is 13.1 Å². The highest BCUT2D eigenvalue weighted by Crippen LogP contribution is 2.27. The van der Waals surface area contributed by atoms with Crippen molar-refractivity contribution in [3.8, 4) is 0 Å². The molecule has 2 rings (SSSR count). The summed E-state index contributed by atoms with van der Waals surface area (Å²) in [6.07, 6.45) is 4.30. The lowest BCUT2D eigenvalue weighted by Gasteiger charge is -2.11. The number of benzene rings is 1. The Kier molecular flexibility index (Phi) is 2.90. The van der Waals surface area contributed by atoms with Crippen LogP contribution in [0.15, 0.2) is 24.5 Å². The molecule has 0 unspecified atom stereocenters. The van der Waals surface area contributed by atoms with Gasteiger partial charge in [0.15, 0.2) is 0 Å². The molecule has 0 bridgehead atoms. The molecular formula is C14H16FN. The van der Waals surface area contributed by atoms with E-state index in [1.54, 1.807) is 12.3 Å². The number of hydrogen-bond donors (Lipinski definition) is 0. The van der Waals surface area contributed by atoms with Crippen LogP contribution in [0.25, 0.3) is 10.8 Å². The molecule has 1 nitrogen and oxygen atoms in total. The zero-order chi connectivity index (χ0) is 11.7. The van der Waals surface area contributed by atoms with Crippen LogP contribution in [0.4, 0.5) is 4.39 Å². The second kappa shape index (κ2) is 4.20. The molecule has 0 radical (unpaired) electrons. The van der Waals surface area contributed by atoms with Crippen LogP contribution >= 0.6 is 0 Å². The Morgan fingerprint density at radius 2 is 1.94 bits per heavy atom. The lowest BCUT2D eigenvalue weighted by molar-refractivity contribution is 0.637. The minimum atomic E-state index is -0.163. The molecule has 0 spiro atoms. The highest BCUT2D eigenvalue weighted by molar-refractivity contribution is 5.86. The molecule has 0 saturated heterocycles. The van der Waals surface area contributed by atoms with Crippen molar-refractivity contribution in [2.45, 2.75) is 33.1 Å². The summed E-state index contributed by atoms with van der Waals surface area (Å²) in [5.41, 5.74) is 2.16. The molecule has 1 aromatic carbocycles. The van der Waals surface area contributed by atoms with Gasteiger partial charge in [0.05, 0.1) is 0 Å². The van der Waals surface area contributed by atoms with E-state index < -0.39 is 0 Å². The lowest BCUT2D eigenvalue weighted by Crippen LogP contribution is -1.94. The van der Waals surface area contributed by atoms with Crippen molar-refractivity contribution in [3.63, 3.8) is 0 Å². The van der Waals surface area contributed by atoms with Crippen LogP contribution in [0.2, 0.25) is 0 Å². The number of nitrogens with zero attached hydrogens (tertiary/aromatic N) is 1. The summed E-state index contributed by atoms with van der Waals surface area (Å²) < 4.78 is 13.8. The number of fused-ring (bicyclic) bond motifs is 1. The van der Waals surface area contributed by atoms with E-state index in [0.717, 1.165) is 22.9 Å². The molecule has 1 heterocycles. The van der Waals surface area contributed by atoms with Crippen LogP contribution < -0.4 is 0 Å². The third kappa shape index (κ3) is 1.80. The SMILES string of the molecule is CCc1cc(F)c2cncc(C(C)C)c2c1. The highest BCUT2D eigenvalue weighted by Gasteiger charge is 2.09. The van der Waals surface area contributed by atoms with Crippen molar-refractivity contribution < 1.29 is 4.39 Å². The van der Waals surface area contributed by atoms with Gasteiger partial charge in [0, 0.05) is 17.8 Å². The first-order chi connectivity index (χ1) is 7.63. The summed E-state index contributed by atoms with van der Waals surface area (Å²) in [5, 5.41) is 1.63. The van der Waals surface area contributed by atoms with E-state index in [0.29, 0.717) is 11.3 Å². The molecule has 1 aromatic heterocycles. The monoisotopic (exact) mass is 217 g/mol. The first-order valence-corrected chi connectivity index (χ1v) is 5.69. The van der Waals surface area contributed by atoms with Gasteiger partial charge in [-0.1, -0.05) is 26.8 Å². The predicted octanol–water partition coefficient (Wildman–Crippen LogP) is 4.06. The largest absolute Gasteiger partial charge is 0.264 e. The van der Waals surface area contributed by atoms with Gasteiger partial charge >= 0.3 is 0 Å². The van der Waals surface area contributed by atoms with E-state index in [4.69, 9.17) is 0 Å². The highest BCUT2D eigenvalue weighted by atomic mass is 19.1. The number of aromatic nitrogens is 1. The summed E-state index contributed by atoms with van der Waals surface area (Å²) >= 11 is 0. The molecule has 2 heteroatoms. The Bertz CT molecular complexity index is 517. The smallest absolute Gasteiger partial charge is 0.132 e. The summed E-state index contributed by atoms with van der Waals surface area (Å²) in [7, 11) is 0. The van der Waals surface area contributed by atoms with Crippen molar-refractivity contribution >= 4 is 10.8 Å². The van der Waals surface area contributed by atoms with Crippen molar-refractivity contribution in [2.75, 3.05) is 0 Å². The quantitative estimate of drug-likeness (QED) is 0.739. The predicted molar refractivity (Wildman–Crippen MR) is 65.2 cm³/mol. The molecule has 2 aromatic rings. The second-order valence-electron chi connectivity index (χ2n) is 4.41. The maximum Gasteiger partial charge on any atom is 0.132 e. The fourth-order valence-corrected chi connectivity index (χ4v) is 1.97. The zero-order valence-electron chi connectivity index (χ0n) is 9.92. The van der Waals surface area contributed by atoms with Crippen molar-refractivity contribution in [2.24, 2.45) is 0 Å². The van der Waals surface area contributed by atoms with Gasteiger partial charge in [0.1, 0.15) is 5.82 Å². The molecule has 0 aliphatic rings. The number of rotatable bonds is 2. The fourth-order valence-electron chi connectivity index (χ4n) is 1.97. The van der Waals surface area contributed by atoms with Crippen LogP contribution in [-0.4, -0.2) is 4.98 Å². The average molecular weight is 217 g/mol. The van der Waals surface area contributed by atoms with Gasteiger partial charge in [-0.2, -0.15) is 0 Å². The summed E-state index contributed by atoms with van der Waals surface area (Å²) in [5.74, 6) is 0.201. The van der Waals surface area contributed by atoms with E-state index in [9.17, 15) is 4.39 Å². The lowest BCUT2D eigenvalue weighted by atomic mass is 9.96. The molecular weight excluding hydrogens is 201 g/mol. The first kappa shape index (κ1) is 11.1. The molecule has 0 atom stereocenters. The maximum absolute atomic E-state index is 13.8. The number of halogens is 1. The standard InChI is InChI=1S/C14H16FN/c1-4-10-5-11-12(9(2)3)7-16-8-13(11)14(15)6-10/h5-9H,4H2,1-3H3. The molecule has 84 valence electrons. The van der Waals surface area contributed by atoms with E-state index in [-0.39, 0.29) is 5.82 Å². The third-order valence-electron chi connectivity index (χ3n) is 2.95. The summed E-state index contributed by atoms with van der Waals surface area (Å²) in [6.45, 7) is 6.25. The Morgan fingerprint density at radius 3 is 2.56 bits per heavy atom. The molecule has 0 N–H and O–H groups in total. The van der Waals surface area contributed by atoms with E-state index in [1.165, 1.54) is 0 Å². The number of hydrogen-bond acceptors (Lipinski definition) is 1. The van der Waals surface area contributed by atoms with Gasteiger partial charge in [0.2, 0.25) is 0 Å². The molecule has 16 heavy (non-hydrogen) atoms. The van der Waals surface area contributed by atoms with Crippen LogP contribution in [0.5, 0.6) is 0 Å². The molecule has 0 aliphatic carbocycles. The van der Waals surface area contributed by atoms with Crippen LogP contribution in [-0.2, 0) is 6.42 Å². The van der Waals surface area contributed by atoms with Crippen LogP contribution in [0.1, 0.15) is 37.8 Å². The van der Waals surface area contributed by atoms with Gasteiger partial charge < -0.3 is 0 Å². The topological polar surface area (TPSA) is 12.9 Å². The second-order valence-corrected chi connectivity index (χ2v) is 4.41. The molecule has 0 saturated carbocycles. The van der Waals surface area contributed by atoms with Crippen LogP contribution in [0.3, 0.4) is 0 Å². The van der Waals surface area contributed by atoms with Crippen molar-refractivity contribution in [1.82, 2.24) is 4.98 Å². The fraction of sp³-hybridized carbons (Fsp3) is 0.357. The van der Waals surface area contributed by atoms with Gasteiger partial charge in [-0.05, 0) is 34.9 Å². The Balaban J connectivity index is 2.79. The Hall–Kier alpha value is -1.44. The normalized spacial score (nSPS) is 11.3. The minimum Gasteiger partial charge on any atom is -0.264 e. The van der Waals surface area contributed by atoms with E-state index in [2.05, 4.69) is 24.9 Å². The minimum absolute atomic E-state index is 0.163. The molecule has 0 amide bonds. The van der Waals surface area contributed by atoms with E-state index >= 15 is 0 Å². The average Bonchev–Trinajstić information content (AvgIpc) is 2.28.